The molecule has 1 aliphatic rings. The molecule has 8 heteroatoms. The minimum Gasteiger partial charge on any atom is -0.371 e. The Hall–Kier alpha value is -3.07. The van der Waals surface area contributed by atoms with Crippen LogP contribution < -0.4 is 5.32 Å². The number of hydrogen-bond donors (Lipinski definition) is 1. The van der Waals surface area contributed by atoms with E-state index in [0.29, 0.717) is 39.3 Å². The fourth-order valence-electron chi connectivity index (χ4n) is 3.82. The number of aryl methyl sites for hydroxylation is 1. The predicted octanol–water partition coefficient (Wildman–Crippen LogP) is 4.09. The molecule has 1 saturated heterocycles. The Morgan fingerprint density at radius 1 is 1.23 bits per heavy atom. The molecule has 31 heavy (non-hydrogen) atoms. The van der Waals surface area contributed by atoms with Crippen molar-refractivity contribution in [1.82, 2.24) is 20.3 Å². The zero-order chi connectivity index (χ0) is 21.4. The molecule has 2 aromatic heterocycles. The van der Waals surface area contributed by atoms with Gasteiger partial charge in [-0.3, -0.25) is 4.79 Å². The predicted molar refractivity (Wildman–Crippen MR) is 117 cm³/mol. The Kier molecular flexibility index (Phi) is 5.27. The lowest BCUT2D eigenvalue weighted by atomic mass is 9.97. The molecule has 0 saturated carbocycles. The third-order valence-corrected chi connectivity index (χ3v) is 6.17. The number of aromatic nitrogens is 3. The van der Waals surface area contributed by atoms with Gasteiger partial charge in [-0.1, -0.05) is 12.1 Å². The Labute approximate surface area is 182 Å². The van der Waals surface area contributed by atoms with E-state index in [9.17, 15) is 4.79 Å². The van der Waals surface area contributed by atoms with Crippen LogP contribution >= 0.6 is 11.3 Å². The van der Waals surface area contributed by atoms with Gasteiger partial charge in [0, 0.05) is 41.2 Å². The smallest absolute Gasteiger partial charge is 0.221 e. The van der Waals surface area contributed by atoms with Crippen LogP contribution in [0.5, 0.6) is 0 Å². The standard InChI is InChI=1S/C23H19FN4O2S/c1-13-8-18(24)17(10-16(13)22(29)23-26-5-7-31-23)21-15-3-2-14(9-19(15)27-12-28-21)20-11-25-4-6-30-20/h2-3,5,7-10,12,20,25H,4,6,11H2,1H3. The maximum atomic E-state index is 15.0. The molecule has 0 bridgehead atoms. The number of benzene rings is 2. The maximum Gasteiger partial charge on any atom is 0.221 e. The van der Waals surface area contributed by atoms with Crippen LogP contribution in [0.15, 0.2) is 48.2 Å². The summed E-state index contributed by atoms with van der Waals surface area (Å²) < 4.78 is 20.8. The average Bonchev–Trinajstić information content (AvgIpc) is 3.34. The Morgan fingerprint density at radius 2 is 2.13 bits per heavy atom. The van der Waals surface area contributed by atoms with Crippen molar-refractivity contribution in [3.8, 4) is 11.3 Å². The van der Waals surface area contributed by atoms with Crippen LogP contribution in [0.1, 0.15) is 32.6 Å². The number of hydrogen-bond acceptors (Lipinski definition) is 7. The summed E-state index contributed by atoms with van der Waals surface area (Å²) in [5, 5.41) is 6.15. The first-order valence-corrected chi connectivity index (χ1v) is 10.8. The molecular weight excluding hydrogens is 415 g/mol. The first kappa shape index (κ1) is 19.9. The van der Waals surface area contributed by atoms with E-state index in [1.165, 1.54) is 23.7 Å². The number of morpholine rings is 1. The zero-order valence-corrected chi connectivity index (χ0v) is 17.6. The molecule has 1 N–H and O–H groups in total. The van der Waals surface area contributed by atoms with Crippen molar-refractivity contribution in [2.75, 3.05) is 19.7 Å². The van der Waals surface area contributed by atoms with Gasteiger partial charge < -0.3 is 10.1 Å². The van der Waals surface area contributed by atoms with Gasteiger partial charge in [-0.05, 0) is 36.2 Å². The van der Waals surface area contributed by atoms with Crippen molar-refractivity contribution in [2.45, 2.75) is 13.0 Å². The molecule has 0 radical (unpaired) electrons. The number of rotatable bonds is 4. The third-order valence-electron chi connectivity index (χ3n) is 5.40. The van der Waals surface area contributed by atoms with E-state index in [1.54, 1.807) is 24.6 Å². The van der Waals surface area contributed by atoms with Gasteiger partial charge in [-0.25, -0.2) is 19.3 Å². The van der Waals surface area contributed by atoms with E-state index in [-0.39, 0.29) is 17.5 Å². The molecule has 1 unspecified atom stereocenters. The van der Waals surface area contributed by atoms with Gasteiger partial charge in [-0.15, -0.1) is 11.3 Å². The van der Waals surface area contributed by atoms with E-state index in [0.717, 1.165) is 18.7 Å². The van der Waals surface area contributed by atoms with Crippen LogP contribution in [0.4, 0.5) is 4.39 Å². The maximum absolute atomic E-state index is 15.0. The second-order valence-corrected chi connectivity index (χ2v) is 8.27. The minimum absolute atomic E-state index is 0.0461. The first-order chi connectivity index (χ1) is 15.1. The molecule has 156 valence electrons. The molecule has 0 spiro atoms. The summed E-state index contributed by atoms with van der Waals surface area (Å²) in [5.74, 6) is -0.659. The monoisotopic (exact) mass is 434 g/mol. The van der Waals surface area contributed by atoms with Crippen molar-refractivity contribution in [1.29, 1.82) is 0 Å². The van der Waals surface area contributed by atoms with Crippen LogP contribution in [-0.2, 0) is 4.74 Å². The van der Waals surface area contributed by atoms with E-state index < -0.39 is 5.82 Å². The second kappa shape index (κ2) is 8.22. The SMILES string of the molecule is Cc1cc(F)c(-c2ncnc3cc(C4CNCCO4)ccc23)cc1C(=O)c1nccs1. The fourth-order valence-corrected chi connectivity index (χ4v) is 4.41. The largest absolute Gasteiger partial charge is 0.371 e. The van der Waals surface area contributed by atoms with Crippen LogP contribution in [0.25, 0.3) is 22.2 Å². The Balaban J connectivity index is 1.60. The number of fused-ring (bicyclic) bond motifs is 1. The zero-order valence-electron chi connectivity index (χ0n) is 16.8. The molecule has 1 atom stereocenters. The summed E-state index contributed by atoms with van der Waals surface area (Å²) in [7, 11) is 0. The van der Waals surface area contributed by atoms with Gasteiger partial charge in [0.1, 0.15) is 12.1 Å². The van der Waals surface area contributed by atoms with Gasteiger partial charge in [0.05, 0.1) is 23.9 Å². The highest BCUT2D eigenvalue weighted by Gasteiger charge is 2.21. The van der Waals surface area contributed by atoms with Gasteiger partial charge in [0.15, 0.2) is 5.01 Å². The van der Waals surface area contributed by atoms with Crippen LogP contribution in [0.2, 0.25) is 0 Å². The lowest BCUT2D eigenvalue weighted by molar-refractivity contribution is 0.0278. The Morgan fingerprint density at radius 3 is 2.90 bits per heavy atom. The first-order valence-electron chi connectivity index (χ1n) is 9.93. The number of nitrogens with one attached hydrogen (secondary N) is 1. The number of halogens is 1. The number of nitrogens with zero attached hydrogens (tertiary/aromatic N) is 3. The highest BCUT2D eigenvalue weighted by molar-refractivity contribution is 7.11. The van der Waals surface area contributed by atoms with E-state index in [1.807, 2.05) is 18.2 Å². The second-order valence-electron chi connectivity index (χ2n) is 7.38. The number of thiazole rings is 1. The molecule has 4 aromatic rings. The summed E-state index contributed by atoms with van der Waals surface area (Å²) >= 11 is 1.26. The van der Waals surface area contributed by atoms with E-state index >= 15 is 4.39 Å². The lowest BCUT2D eigenvalue weighted by Gasteiger charge is -2.24. The van der Waals surface area contributed by atoms with Crippen molar-refractivity contribution >= 4 is 28.0 Å². The van der Waals surface area contributed by atoms with Gasteiger partial charge >= 0.3 is 0 Å². The van der Waals surface area contributed by atoms with Crippen LogP contribution in [0, 0.1) is 12.7 Å². The molecule has 2 aromatic carbocycles. The van der Waals surface area contributed by atoms with E-state index in [4.69, 9.17) is 4.74 Å². The molecule has 1 aliphatic heterocycles. The van der Waals surface area contributed by atoms with Crippen molar-refractivity contribution in [2.24, 2.45) is 0 Å². The molecular formula is C23H19FN4O2S. The normalized spacial score (nSPS) is 16.5. The van der Waals surface area contributed by atoms with Crippen LogP contribution in [-0.4, -0.2) is 40.4 Å². The molecule has 3 heterocycles. The van der Waals surface area contributed by atoms with Gasteiger partial charge in [0.2, 0.25) is 5.78 Å². The summed E-state index contributed by atoms with van der Waals surface area (Å²) in [5.41, 5.74) is 3.39. The lowest BCUT2D eigenvalue weighted by Crippen LogP contribution is -2.33. The topological polar surface area (TPSA) is 77.0 Å². The number of ketones is 1. The summed E-state index contributed by atoms with van der Waals surface area (Å²) in [4.78, 5) is 25.7. The van der Waals surface area contributed by atoms with Crippen LogP contribution in [0.3, 0.4) is 0 Å². The van der Waals surface area contributed by atoms with Gasteiger partial charge in [-0.2, -0.15) is 0 Å². The molecule has 0 aliphatic carbocycles. The van der Waals surface area contributed by atoms with Crippen molar-refractivity contribution in [3.63, 3.8) is 0 Å². The van der Waals surface area contributed by atoms with Gasteiger partial charge in [0.25, 0.3) is 0 Å². The molecule has 1 fully saturated rings. The number of ether oxygens (including phenoxy) is 1. The van der Waals surface area contributed by atoms with Crippen molar-refractivity contribution < 1.29 is 13.9 Å². The highest BCUT2D eigenvalue weighted by Crippen LogP contribution is 2.32. The Bertz CT molecular complexity index is 1270. The third kappa shape index (κ3) is 3.74. The van der Waals surface area contributed by atoms with E-state index in [2.05, 4.69) is 20.3 Å². The number of carbonyl (C=O) groups excluding carboxylic acids is 1. The average molecular weight is 434 g/mol. The molecule has 0 amide bonds. The summed E-state index contributed by atoms with van der Waals surface area (Å²) in [6, 6.07) is 8.74. The fraction of sp³-hybridized carbons (Fsp3) is 0.217. The quantitative estimate of drug-likeness (QED) is 0.488. The summed E-state index contributed by atoms with van der Waals surface area (Å²) in [6.45, 7) is 3.95. The molecule has 5 rings (SSSR count). The van der Waals surface area contributed by atoms with Crippen molar-refractivity contribution in [3.05, 3.63) is 75.8 Å². The molecule has 6 nitrogen and oxygen atoms in total. The minimum atomic E-state index is -0.433. The summed E-state index contributed by atoms with van der Waals surface area (Å²) in [6.07, 6.45) is 2.96. The highest BCUT2D eigenvalue weighted by atomic mass is 32.1. The number of carbonyl (C=O) groups is 1.